The summed E-state index contributed by atoms with van der Waals surface area (Å²) < 4.78 is 57.5. The van der Waals surface area contributed by atoms with Crippen LogP contribution in [0.4, 0.5) is 8.78 Å². The molecule has 0 aliphatic heterocycles. The van der Waals surface area contributed by atoms with Crippen LogP contribution in [-0.4, -0.2) is 60.4 Å². The van der Waals surface area contributed by atoms with Crippen LogP contribution in [0.1, 0.15) is 20.8 Å². The molecule has 0 radical (unpaired) electrons. The molecule has 0 amide bonds. The molecule has 0 spiro atoms. The minimum atomic E-state index is -5.55. The van der Waals surface area contributed by atoms with Gasteiger partial charge in [-0.25, -0.2) is 0 Å². The molecule has 5 nitrogen and oxygen atoms in total. The van der Waals surface area contributed by atoms with E-state index in [9.17, 15) is 22.0 Å². The van der Waals surface area contributed by atoms with Crippen LogP contribution in [0.2, 0.25) is 0 Å². The first-order valence-electron chi connectivity index (χ1n) is 3.90. The van der Waals surface area contributed by atoms with E-state index < -0.39 is 33.4 Å². The fraction of sp³-hybridized carbons (Fsp3) is 0.857. The topological polar surface area (TPSA) is 80.7 Å². The fourth-order valence-corrected chi connectivity index (χ4v) is 0.648. The van der Waals surface area contributed by atoms with Crippen molar-refractivity contribution in [3.8, 4) is 0 Å². The van der Waals surface area contributed by atoms with Gasteiger partial charge in [-0.2, -0.15) is 17.2 Å². The Kier molecular flexibility index (Phi) is 6.65. The van der Waals surface area contributed by atoms with E-state index in [1.807, 2.05) is 0 Å². The summed E-state index contributed by atoms with van der Waals surface area (Å²) in [4.78, 5) is 11.0. The van der Waals surface area contributed by atoms with Gasteiger partial charge in [0.15, 0.2) is 6.61 Å². The van der Waals surface area contributed by atoms with Crippen molar-refractivity contribution in [2.45, 2.75) is 26.0 Å². The maximum absolute atomic E-state index is 12.6. The molecule has 0 aliphatic rings. The van der Waals surface area contributed by atoms with Crippen molar-refractivity contribution >= 4 is 45.6 Å². The van der Waals surface area contributed by atoms with Gasteiger partial charge in [-0.3, -0.25) is 9.35 Å². The molecule has 0 heterocycles. The number of hydrogen-bond acceptors (Lipinski definition) is 4. The number of esters is 1. The Hall–Kier alpha value is 0.240. The second-order valence-corrected chi connectivity index (χ2v) is 5.49. The summed E-state index contributed by atoms with van der Waals surface area (Å²) in [5, 5.41) is -4.48. The molecular weight excluding hydrogens is 257 g/mol. The van der Waals surface area contributed by atoms with Crippen molar-refractivity contribution in [2.75, 3.05) is 6.61 Å². The number of carbonyl (C=O) groups is 1. The molecule has 0 bridgehead atoms. The second kappa shape index (κ2) is 5.72. The zero-order chi connectivity index (χ0) is 12.5. The van der Waals surface area contributed by atoms with Gasteiger partial charge in [0.05, 0.1) is 5.41 Å². The summed E-state index contributed by atoms with van der Waals surface area (Å²) >= 11 is 0. The molecule has 92 valence electrons. The standard InChI is InChI=1S/C7H12F2O5S.Na.H/c1-6(2,3)5(10)14-4-7(8,9)15(11,12)13;;/h4H2,1-3H3,(H,11,12,13);;. The summed E-state index contributed by atoms with van der Waals surface area (Å²) in [6.07, 6.45) is 0. The number of ether oxygens (including phenoxy) is 1. The van der Waals surface area contributed by atoms with Gasteiger partial charge < -0.3 is 4.74 Å². The predicted octanol–water partition coefficient (Wildman–Crippen LogP) is 0.408. The van der Waals surface area contributed by atoms with Crippen LogP contribution < -0.4 is 0 Å². The molecule has 1 N–H and O–H groups in total. The Morgan fingerprint density at radius 1 is 1.31 bits per heavy atom. The van der Waals surface area contributed by atoms with Crippen molar-refractivity contribution in [2.24, 2.45) is 5.41 Å². The zero-order valence-electron chi connectivity index (χ0n) is 8.45. The van der Waals surface area contributed by atoms with Gasteiger partial charge in [-0.05, 0) is 20.8 Å². The van der Waals surface area contributed by atoms with E-state index in [0.29, 0.717) is 0 Å². The molecule has 0 aromatic carbocycles. The summed E-state index contributed by atoms with van der Waals surface area (Å²) in [5.41, 5.74) is -1.02. The van der Waals surface area contributed by atoms with Crippen molar-refractivity contribution in [3.05, 3.63) is 0 Å². The Morgan fingerprint density at radius 2 is 1.69 bits per heavy atom. The van der Waals surface area contributed by atoms with E-state index in [-0.39, 0.29) is 29.6 Å². The molecule has 0 rings (SSSR count). The van der Waals surface area contributed by atoms with Gasteiger partial charge in [0.1, 0.15) is 0 Å². The van der Waals surface area contributed by atoms with Crippen LogP contribution in [-0.2, 0) is 19.6 Å². The van der Waals surface area contributed by atoms with Crippen LogP contribution in [0.3, 0.4) is 0 Å². The molecule has 9 heteroatoms. The van der Waals surface area contributed by atoms with Crippen LogP contribution in [0.15, 0.2) is 0 Å². The third-order valence-corrected chi connectivity index (χ3v) is 2.23. The van der Waals surface area contributed by atoms with Gasteiger partial charge in [0, 0.05) is 0 Å². The maximum atomic E-state index is 12.6. The first-order chi connectivity index (χ1) is 6.38. The average Bonchev–Trinajstić information content (AvgIpc) is 1.96. The third-order valence-electron chi connectivity index (χ3n) is 1.36. The fourth-order valence-electron chi connectivity index (χ4n) is 0.441. The quantitative estimate of drug-likeness (QED) is 0.456. The number of halogens is 2. The van der Waals surface area contributed by atoms with E-state index >= 15 is 0 Å². The SMILES string of the molecule is CC(C)(C)C(=O)OCC(F)(F)S(=O)(=O)O.[NaH]. The van der Waals surface area contributed by atoms with Gasteiger partial charge in [0.2, 0.25) is 0 Å². The van der Waals surface area contributed by atoms with Crippen LogP contribution >= 0.6 is 0 Å². The van der Waals surface area contributed by atoms with Crippen LogP contribution in [0.25, 0.3) is 0 Å². The number of carbonyl (C=O) groups excluding carboxylic acids is 1. The molecule has 0 unspecified atom stereocenters. The van der Waals surface area contributed by atoms with Gasteiger partial charge in [-0.1, -0.05) is 0 Å². The normalized spacial score (nSPS) is 12.9. The molecule has 0 fully saturated rings. The van der Waals surface area contributed by atoms with Gasteiger partial charge >= 0.3 is 50.9 Å². The molecule has 0 saturated heterocycles. The van der Waals surface area contributed by atoms with E-state index in [2.05, 4.69) is 4.74 Å². The minimum absolute atomic E-state index is 0. The van der Waals surface area contributed by atoms with Crippen LogP contribution in [0.5, 0.6) is 0 Å². The third kappa shape index (κ3) is 5.53. The number of alkyl halides is 2. The van der Waals surface area contributed by atoms with E-state index in [4.69, 9.17) is 4.55 Å². The van der Waals surface area contributed by atoms with Gasteiger partial charge in [0.25, 0.3) is 0 Å². The van der Waals surface area contributed by atoms with Crippen molar-refractivity contribution in [3.63, 3.8) is 0 Å². The summed E-state index contributed by atoms with van der Waals surface area (Å²) in [7, 11) is -5.55. The van der Waals surface area contributed by atoms with E-state index in [1.165, 1.54) is 20.8 Å². The predicted molar refractivity (Wildman–Crippen MR) is 54.1 cm³/mol. The monoisotopic (exact) mass is 270 g/mol. The first-order valence-corrected chi connectivity index (χ1v) is 5.34. The first kappa shape index (κ1) is 18.6. The van der Waals surface area contributed by atoms with Crippen molar-refractivity contribution < 1.29 is 31.3 Å². The number of rotatable bonds is 3. The molecule has 0 atom stereocenters. The van der Waals surface area contributed by atoms with Gasteiger partial charge in [-0.15, -0.1) is 0 Å². The molecule has 0 aromatic rings. The Morgan fingerprint density at radius 3 is 1.94 bits per heavy atom. The van der Waals surface area contributed by atoms with Crippen molar-refractivity contribution in [1.82, 2.24) is 0 Å². The molecule has 0 aromatic heterocycles. The second-order valence-electron chi connectivity index (χ2n) is 3.94. The Balaban J connectivity index is 0. The molecule has 16 heavy (non-hydrogen) atoms. The van der Waals surface area contributed by atoms with E-state index in [1.54, 1.807) is 0 Å². The van der Waals surface area contributed by atoms with Crippen molar-refractivity contribution in [1.29, 1.82) is 0 Å². The molecule has 0 saturated carbocycles. The summed E-state index contributed by atoms with van der Waals surface area (Å²) in [6, 6.07) is 0. The van der Waals surface area contributed by atoms with Crippen LogP contribution in [0, 0.1) is 5.41 Å². The zero-order valence-corrected chi connectivity index (χ0v) is 9.27. The Bertz CT molecular complexity index is 346. The average molecular weight is 270 g/mol. The summed E-state index contributed by atoms with van der Waals surface area (Å²) in [6.45, 7) is 2.56. The molecular formula is C7H13F2NaO5S. The Labute approximate surface area is 115 Å². The van der Waals surface area contributed by atoms with E-state index in [0.717, 1.165) is 0 Å². The number of hydrogen-bond donors (Lipinski definition) is 1. The molecule has 0 aliphatic carbocycles. The summed E-state index contributed by atoms with van der Waals surface area (Å²) in [5.74, 6) is -0.981.